The van der Waals surface area contributed by atoms with Gasteiger partial charge >= 0.3 is 6.18 Å². The summed E-state index contributed by atoms with van der Waals surface area (Å²) in [6.07, 6.45) is -4.35. The van der Waals surface area contributed by atoms with Crippen LogP contribution in [-0.4, -0.2) is 25.2 Å². The normalized spacial score (nSPS) is 11.3. The number of amidine groups is 1. The highest BCUT2D eigenvalue weighted by atomic mass is 19.4. The monoisotopic (exact) mass is 396 g/mol. The molecular weight excluding hydrogens is 373 g/mol. The first-order chi connectivity index (χ1) is 13.3. The van der Waals surface area contributed by atoms with Crippen molar-refractivity contribution >= 4 is 11.5 Å². The van der Waals surface area contributed by atoms with Gasteiger partial charge in [-0.2, -0.15) is 13.2 Å². The minimum absolute atomic E-state index is 0.0165. The van der Waals surface area contributed by atoms with Gasteiger partial charge in [-0.25, -0.2) is 0 Å². The minimum atomic E-state index is -4.35. The van der Waals surface area contributed by atoms with Gasteiger partial charge in [0.1, 0.15) is 24.8 Å². The maximum atomic E-state index is 12.5. The van der Waals surface area contributed by atoms with Crippen LogP contribution in [0.3, 0.4) is 0 Å². The van der Waals surface area contributed by atoms with Gasteiger partial charge in [0.25, 0.3) is 0 Å². The quantitative estimate of drug-likeness (QED) is 0.378. The standard InChI is InChI=1S/C18H18F3N3O2.CH5N/c1-12(14-4-8-16(9-5-14)25-11-17(22)23)24-26-10-13-2-6-15(7-3-13)18(19,20)21;1-2/h2-9H,10-11H2,1H3,(H3,22,23);2H2,1H3/b24-12+;. The van der Waals surface area contributed by atoms with Crippen molar-refractivity contribution < 1.29 is 22.7 Å². The Bertz CT molecular complexity index is 773. The lowest BCUT2D eigenvalue weighted by atomic mass is 10.1. The molecule has 0 aliphatic carbocycles. The van der Waals surface area contributed by atoms with E-state index in [1.165, 1.54) is 19.2 Å². The Labute approximate surface area is 161 Å². The summed E-state index contributed by atoms with van der Waals surface area (Å²) in [6.45, 7) is 1.83. The van der Waals surface area contributed by atoms with Gasteiger partial charge in [-0.1, -0.05) is 17.3 Å². The van der Waals surface area contributed by atoms with Gasteiger partial charge in [0.2, 0.25) is 0 Å². The number of alkyl halides is 3. The summed E-state index contributed by atoms with van der Waals surface area (Å²) in [5, 5.41) is 11.1. The third kappa shape index (κ3) is 7.67. The van der Waals surface area contributed by atoms with E-state index >= 15 is 0 Å². The summed E-state index contributed by atoms with van der Waals surface area (Å²) >= 11 is 0. The summed E-state index contributed by atoms with van der Waals surface area (Å²) < 4.78 is 42.8. The largest absolute Gasteiger partial charge is 0.486 e. The van der Waals surface area contributed by atoms with E-state index in [-0.39, 0.29) is 19.0 Å². The number of halogens is 3. The zero-order valence-corrected chi connectivity index (χ0v) is 15.6. The SMILES string of the molecule is C/C(=N\OCc1ccc(C(F)(F)F)cc1)c1ccc(OCC(=N)N)cc1.CN. The second-order valence-corrected chi connectivity index (χ2v) is 5.48. The second kappa shape index (κ2) is 10.9. The first-order valence-electron chi connectivity index (χ1n) is 8.22. The summed E-state index contributed by atoms with van der Waals surface area (Å²) in [5.41, 5.74) is 11.0. The zero-order valence-electron chi connectivity index (χ0n) is 15.6. The van der Waals surface area contributed by atoms with Crippen LogP contribution in [0.5, 0.6) is 5.75 Å². The predicted octanol–water partition coefficient (Wildman–Crippen LogP) is 3.54. The molecule has 0 aliphatic rings. The summed E-state index contributed by atoms with van der Waals surface area (Å²) in [4.78, 5) is 5.20. The van der Waals surface area contributed by atoms with E-state index in [0.717, 1.165) is 17.7 Å². The number of nitrogens with zero attached hydrogens (tertiary/aromatic N) is 1. The maximum absolute atomic E-state index is 12.5. The fourth-order valence-corrected chi connectivity index (χ4v) is 2.00. The lowest BCUT2D eigenvalue weighted by molar-refractivity contribution is -0.137. The Morgan fingerprint density at radius 3 is 2.11 bits per heavy atom. The van der Waals surface area contributed by atoms with Crippen LogP contribution in [0.4, 0.5) is 13.2 Å². The molecule has 2 aromatic carbocycles. The van der Waals surface area contributed by atoms with Crippen molar-refractivity contribution in [3.05, 3.63) is 65.2 Å². The topological polar surface area (TPSA) is 107 Å². The van der Waals surface area contributed by atoms with Crippen molar-refractivity contribution in [1.82, 2.24) is 0 Å². The highest BCUT2D eigenvalue weighted by molar-refractivity contribution is 5.98. The van der Waals surface area contributed by atoms with Gasteiger partial charge in [0.15, 0.2) is 0 Å². The van der Waals surface area contributed by atoms with Gasteiger partial charge in [-0.3, -0.25) is 5.41 Å². The molecule has 152 valence electrons. The van der Waals surface area contributed by atoms with Gasteiger partial charge in [-0.15, -0.1) is 0 Å². The van der Waals surface area contributed by atoms with Gasteiger partial charge in [-0.05, 0) is 61.5 Å². The first kappa shape index (κ1) is 23.0. The maximum Gasteiger partial charge on any atom is 0.416 e. The molecule has 0 aliphatic heterocycles. The fourth-order valence-electron chi connectivity index (χ4n) is 2.00. The average molecular weight is 396 g/mol. The van der Waals surface area contributed by atoms with Crippen LogP contribution in [0.1, 0.15) is 23.6 Å². The van der Waals surface area contributed by atoms with Crippen molar-refractivity contribution in [1.29, 1.82) is 5.41 Å². The minimum Gasteiger partial charge on any atom is -0.486 e. The van der Waals surface area contributed by atoms with Gasteiger partial charge < -0.3 is 21.0 Å². The molecule has 0 heterocycles. The van der Waals surface area contributed by atoms with Gasteiger partial charge in [0.05, 0.1) is 11.3 Å². The zero-order chi connectivity index (χ0) is 21.2. The van der Waals surface area contributed by atoms with Crippen LogP contribution >= 0.6 is 0 Å². The number of benzene rings is 2. The molecule has 0 radical (unpaired) electrons. The summed E-state index contributed by atoms with van der Waals surface area (Å²) in [5.74, 6) is 0.505. The summed E-state index contributed by atoms with van der Waals surface area (Å²) in [6, 6.07) is 11.7. The Balaban J connectivity index is 0.00000190. The van der Waals surface area contributed by atoms with Crippen molar-refractivity contribution in [2.24, 2.45) is 16.6 Å². The molecule has 0 saturated heterocycles. The lowest BCUT2D eigenvalue weighted by Crippen LogP contribution is -2.19. The molecule has 28 heavy (non-hydrogen) atoms. The molecule has 0 atom stereocenters. The van der Waals surface area contributed by atoms with E-state index in [0.29, 0.717) is 17.0 Å². The molecule has 6 nitrogen and oxygen atoms in total. The van der Waals surface area contributed by atoms with Crippen molar-refractivity contribution in [2.45, 2.75) is 19.7 Å². The number of ether oxygens (including phenoxy) is 1. The Morgan fingerprint density at radius 2 is 1.61 bits per heavy atom. The van der Waals surface area contributed by atoms with E-state index in [2.05, 4.69) is 10.9 Å². The van der Waals surface area contributed by atoms with Crippen LogP contribution in [0.25, 0.3) is 0 Å². The number of nitrogens with one attached hydrogen (secondary N) is 1. The number of oxime groups is 1. The number of hydrogen-bond donors (Lipinski definition) is 3. The molecule has 0 aromatic heterocycles. The van der Waals surface area contributed by atoms with Crippen LogP contribution in [-0.2, 0) is 17.6 Å². The van der Waals surface area contributed by atoms with E-state index < -0.39 is 11.7 Å². The van der Waals surface area contributed by atoms with Crippen LogP contribution in [0, 0.1) is 5.41 Å². The molecule has 0 bridgehead atoms. The van der Waals surface area contributed by atoms with Crippen LogP contribution in [0.2, 0.25) is 0 Å². The highest BCUT2D eigenvalue weighted by Gasteiger charge is 2.29. The molecule has 2 aromatic rings. The van der Waals surface area contributed by atoms with Crippen molar-refractivity contribution in [2.75, 3.05) is 13.7 Å². The fraction of sp³-hybridized carbons (Fsp3) is 0.263. The molecule has 0 saturated carbocycles. The molecule has 0 amide bonds. The van der Waals surface area contributed by atoms with Crippen molar-refractivity contribution in [3.63, 3.8) is 0 Å². The highest BCUT2D eigenvalue weighted by Crippen LogP contribution is 2.29. The summed E-state index contributed by atoms with van der Waals surface area (Å²) in [7, 11) is 1.50. The first-order valence-corrected chi connectivity index (χ1v) is 8.22. The Hall–Kier alpha value is -3.07. The molecule has 9 heteroatoms. The van der Waals surface area contributed by atoms with E-state index in [1.54, 1.807) is 31.2 Å². The molecule has 5 N–H and O–H groups in total. The second-order valence-electron chi connectivity index (χ2n) is 5.48. The van der Waals surface area contributed by atoms with Crippen LogP contribution in [0.15, 0.2) is 53.7 Å². The third-order valence-corrected chi connectivity index (χ3v) is 3.38. The number of nitrogens with two attached hydrogens (primary N) is 2. The van der Waals surface area contributed by atoms with Gasteiger partial charge in [0, 0.05) is 0 Å². The lowest BCUT2D eigenvalue weighted by Gasteiger charge is -2.08. The molecular formula is C19H23F3N4O2. The third-order valence-electron chi connectivity index (χ3n) is 3.38. The Kier molecular flexibility index (Phi) is 8.97. The smallest absolute Gasteiger partial charge is 0.416 e. The van der Waals surface area contributed by atoms with Crippen LogP contribution < -0.4 is 16.2 Å². The number of hydrogen-bond acceptors (Lipinski definition) is 5. The molecule has 0 unspecified atom stereocenters. The molecule has 0 fully saturated rings. The van der Waals surface area contributed by atoms with Crippen molar-refractivity contribution in [3.8, 4) is 5.75 Å². The van der Waals surface area contributed by atoms with E-state index in [1.807, 2.05) is 0 Å². The number of rotatable bonds is 7. The molecule has 0 spiro atoms. The average Bonchev–Trinajstić information content (AvgIpc) is 2.68. The predicted molar refractivity (Wildman–Crippen MR) is 102 cm³/mol. The Morgan fingerprint density at radius 1 is 1.04 bits per heavy atom. The molecule has 2 rings (SSSR count). The van der Waals surface area contributed by atoms with E-state index in [9.17, 15) is 13.2 Å². The van der Waals surface area contributed by atoms with E-state index in [4.69, 9.17) is 20.7 Å².